The number of amides is 1. The van der Waals surface area contributed by atoms with Crippen LogP contribution in [0.2, 0.25) is 0 Å². The number of ether oxygens (including phenoxy) is 1. The van der Waals surface area contributed by atoms with Crippen LogP contribution in [-0.2, 0) is 14.8 Å². The summed E-state index contributed by atoms with van der Waals surface area (Å²) in [6.07, 6.45) is 0. The van der Waals surface area contributed by atoms with Gasteiger partial charge in [0.2, 0.25) is 10.0 Å². The SMILES string of the molecule is O=C(Nc1ccccc1C(=O)O)c1ccc(F)c(S(=O)(=O)N2CCOCC2)c1. The maximum Gasteiger partial charge on any atom is 0.337 e. The fourth-order valence-corrected chi connectivity index (χ4v) is 4.24. The van der Waals surface area contributed by atoms with Crippen LogP contribution in [0.3, 0.4) is 0 Å². The Morgan fingerprint density at radius 1 is 1.11 bits per heavy atom. The van der Waals surface area contributed by atoms with Crippen molar-refractivity contribution in [1.29, 1.82) is 0 Å². The number of carbonyl (C=O) groups excluding carboxylic acids is 1. The van der Waals surface area contributed by atoms with E-state index in [1.54, 1.807) is 6.07 Å². The highest BCUT2D eigenvalue weighted by molar-refractivity contribution is 7.89. The number of sulfonamides is 1. The molecular formula is C18H17FN2O6S. The maximum atomic E-state index is 14.2. The number of anilines is 1. The second-order valence-corrected chi connectivity index (χ2v) is 7.87. The number of aromatic carboxylic acids is 1. The number of nitrogens with one attached hydrogen (secondary N) is 1. The highest BCUT2D eigenvalue weighted by atomic mass is 32.2. The second kappa shape index (κ2) is 8.05. The summed E-state index contributed by atoms with van der Waals surface area (Å²) >= 11 is 0. The molecule has 1 heterocycles. The predicted octanol–water partition coefficient (Wildman–Crippen LogP) is 1.80. The third-order valence-electron chi connectivity index (χ3n) is 4.19. The number of morpholine rings is 1. The first kappa shape index (κ1) is 19.9. The van der Waals surface area contributed by atoms with E-state index in [0.717, 1.165) is 22.5 Å². The number of hydrogen-bond donors (Lipinski definition) is 2. The summed E-state index contributed by atoms with van der Waals surface area (Å²) in [6.45, 7) is 0.578. The standard InChI is InChI=1S/C18H17FN2O6S/c19-14-6-5-12(11-16(14)28(25,26)21-7-9-27-10-8-21)17(22)20-15-4-2-1-3-13(15)18(23)24/h1-6,11H,7-10H2,(H,20,22)(H,23,24). The number of para-hydroxylation sites is 1. The molecule has 0 unspecified atom stereocenters. The number of hydrogen-bond acceptors (Lipinski definition) is 5. The molecule has 0 bridgehead atoms. The largest absolute Gasteiger partial charge is 0.478 e. The highest BCUT2D eigenvalue weighted by Gasteiger charge is 2.30. The van der Waals surface area contributed by atoms with Gasteiger partial charge in [-0.1, -0.05) is 12.1 Å². The van der Waals surface area contributed by atoms with Gasteiger partial charge in [-0.15, -0.1) is 0 Å². The molecule has 2 aromatic carbocycles. The van der Waals surface area contributed by atoms with Crippen molar-refractivity contribution >= 4 is 27.6 Å². The lowest BCUT2D eigenvalue weighted by molar-refractivity contribution is 0.0698. The number of carboxylic acids is 1. The number of carbonyl (C=O) groups is 2. The van der Waals surface area contributed by atoms with Gasteiger partial charge >= 0.3 is 5.97 Å². The van der Waals surface area contributed by atoms with E-state index in [9.17, 15) is 27.5 Å². The van der Waals surface area contributed by atoms with Gasteiger partial charge in [0.1, 0.15) is 10.7 Å². The summed E-state index contributed by atoms with van der Waals surface area (Å²) in [4.78, 5) is 23.1. The van der Waals surface area contributed by atoms with Gasteiger partial charge in [-0.3, -0.25) is 4.79 Å². The first-order valence-electron chi connectivity index (χ1n) is 8.32. The van der Waals surface area contributed by atoms with E-state index < -0.39 is 32.6 Å². The summed E-state index contributed by atoms with van der Waals surface area (Å²) < 4.78 is 45.8. The third kappa shape index (κ3) is 4.03. The van der Waals surface area contributed by atoms with E-state index in [0.29, 0.717) is 0 Å². The van der Waals surface area contributed by atoms with Crippen molar-refractivity contribution in [2.75, 3.05) is 31.6 Å². The molecule has 0 saturated carbocycles. The van der Waals surface area contributed by atoms with Crippen LogP contribution >= 0.6 is 0 Å². The molecular weight excluding hydrogens is 391 g/mol. The molecule has 0 aromatic heterocycles. The van der Waals surface area contributed by atoms with Gasteiger partial charge in [-0.05, 0) is 30.3 Å². The van der Waals surface area contributed by atoms with Gasteiger partial charge in [0.05, 0.1) is 24.5 Å². The number of halogens is 1. The molecule has 1 aliphatic heterocycles. The van der Waals surface area contributed by atoms with Gasteiger partial charge in [0.15, 0.2) is 0 Å². The Bertz CT molecular complexity index is 1020. The van der Waals surface area contributed by atoms with Crippen molar-refractivity contribution in [1.82, 2.24) is 4.31 Å². The number of benzene rings is 2. The molecule has 1 amide bonds. The minimum Gasteiger partial charge on any atom is -0.478 e. The molecule has 2 aromatic rings. The van der Waals surface area contributed by atoms with Crippen LogP contribution in [0.25, 0.3) is 0 Å². The Balaban J connectivity index is 1.91. The number of nitrogens with zero attached hydrogens (tertiary/aromatic N) is 1. The zero-order chi connectivity index (χ0) is 20.3. The molecule has 28 heavy (non-hydrogen) atoms. The van der Waals surface area contributed by atoms with Crippen molar-refractivity contribution in [2.24, 2.45) is 0 Å². The average molecular weight is 408 g/mol. The lowest BCUT2D eigenvalue weighted by Crippen LogP contribution is -2.41. The Labute approximate surface area is 160 Å². The molecule has 8 nitrogen and oxygen atoms in total. The molecule has 0 radical (unpaired) electrons. The lowest BCUT2D eigenvalue weighted by atomic mass is 10.1. The average Bonchev–Trinajstić information content (AvgIpc) is 2.69. The first-order chi connectivity index (χ1) is 13.3. The van der Waals surface area contributed by atoms with Crippen molar-refractivity contribution < 1.29 is 32.2 Å². The minimum atomic E-state index is -4.14. The topological polar surface area (TPSA) is 113 Å². The summed E-state index contributed by atoms with van der Waals surface area (Å²) in [6, 6.07) is 8.73. The fourth-order valence-electron chi connectivity index (χ4n) is 2.74. The summed E-state index contributed by atoms with van der Waals surface area (Å²) in [7, 11) is -4.14. The Morgan fingerprint density at radius 3 is 2.46 bits per heavy atom. The van der Waals surface area contributed by atoms with Crippen LogP contribution < -0.4 is 5.32 Å². The van der Waals surface area contributed by atoms with Crippen LogP contribution in [0.1, 0.15) is 20.7 Å². The number of rotatable bonds is 5. The monoisotopic (exact) mass is 408 g/mol. The predicted molar refractivity (Wildman–Crippen MR) is 97.3 cm³/mol. The fraction of sp³-hybridized carbons (Fsp3) is 0.222. The smallest absolute Gasteiger partial charge is 0.337 e. The molecule has 10 heteroatoms. The summed E-state index contributed by atoms with van der Waals surface area (Å²) in [5.74, 6) is -2.97. The minimum absolute atomic E-state index is 0.0434. The van der Waals surface area contributed by atoms with Gasteiger partial charge in [-0.2, -0.15) is 4.31 Å². The van der Waals surface area contributed by atoms with E-state index in [-0.39, 0.29) is 43.1 Å². The molecule has 148 valence electrons. The van der Waals surface area contributed by atoms with Crippen LogP contribution in [0.4, 0.5) is 10.1 Å². The Kier molecular flexibility index (Phi) is 5.73. The summed E-state index contributed by atoms with van der Waals surface area (Å²) in [5.41, 5.74) is -0.200. The highest BCUT2D eigenvalue weighted by Crippen LogP contribution is 2.23. The van der Waals surface area contributed by atoms with E-state index in [2.05, 4.69) is 5.32 Å². The van der Waals surface area contributed by atoms with E-state index >= 15 is 0 Å². The van der Waals surface area contributed by atoms with Gasteiger partial charge in [0, 0.05) is 18.7 Å². The van der Waals surface area contributed by atoms with Crippen LogP contribution in [0, 0.1) is 5.82 Å². The zero-order valence-electron chi connectivity index (χ0n) is 14.6. The molecule has 2 N–H and O–H groups in total. The van der Waals surface area contributed by atoms with Crippen molar-refractivity contribution in [2.45, 2.75) is 4.90 Å². The van der Waals surface area contributed by atoms with Crippen molar-refractivity contribution in [3.8, 4) is 0 Å². The Morgan fingerprint density at radius 2 is 1.79 bits per heavy atom. The molecule has 1 fully saturated rings. The molecule has 0 atom stereocenters. The first-order valence-corrected chi connectivity index (χ1v) is 9.76. The lowest BCUT2D eigenvalue weighted by Gasteiger charge is -2.26. The van der Waals surface area contributed by atoms with Crippen LogP contribution in [0.15, 0.2) is 47.4 Å². The molecule has 0 spiro atoms. The van der Waals surface area contributed by atoms with Gasteiger partial charge in [-0.25, -0.2) is 17.6 Å². The van der Waals surface area contributed by atoms with Crippen molar-refractivity contribution in [3.63, 3.8) is 0 Å². The third-order valence-corrected chi connectivity index (χ3v) is 6.10. The quantitative estimate of drug-likeness (QED) is 0.780. The summed E-state index contributed by atoms with van der Waals surface area (Å²) in [5, 5.41) is 11.6. The van der Waals surface area contributed by atoms with Crippen LogP contribution in [-0.4, -0.2) is 56.0 Å². The number of carboxylic acid groups (broad SMARTS) is 1. The second-order valence-electron chi connectivity index (χ2n) is 5.97. The van der Waals surface area contributed by atoms with E-state index in [1.807, 2.05) is 0 Å². The maximum absolute atomic E-state index is 14.2. The normalized spacial score (nSPS) is 15.2. The van der Waals surface area contributed by atoms with E-state index in [1.165, 1.54) is 18.2 Å². The molecule has 1 saturated heterocycles. The van der Waals surface area contributed by atoms with E-state index in [4.69, 9.17) is 4.74 Å². The van der Waals surface area contributed by atoms with Gasteiger partial charge in [0.25, 0.3) is 5.91 Å². The van der Waals surface area contributed by atoms with Gasteiger partial charge < -0.3 is 15.2 Å². The van der Waals surface area contributed by atoms with Crippen molar-refractivity contribution in [3.05, 3.63) is 59.4 Å². The Hall–Kier alpha value is -2.82. The zero-order valence-corrected chi connectivity index (χ0v) is 15.4. The molecule has 0 aliphatic carbocycles. The van der Waals surface area contributed by atoms with Crippen LogP contribution in [0.5, 0.6) is 0 Å². The molecule has 1 aliphatic rings. The molecule has 3 rings (SSSR count).